The fraction of sp³-hybridized carbons (Fsp3) is 0.533. The van der Waals surface area contributed by atoms with Gasteiger partial charge in [0.25, 0.3) is 5.91 Å². The van der Waals surface area contributed by atoms with Crippen LogP contribution in [0.2, 0.25) is 0 Å². The summed E-state index contributed by atoms with van der Waals surface area (Å²) in [6.07, 6.45) is 3.45. The zero-order chi connectivity index (χ0) is 14.5. The van der Waals surface area contributed by atoms with Gasteiger partial charge in [0, 0.05) is 41.0 Å². The first-order valence-corrected chi connectivity index (χ1v) is 8.72. The van der Waals surface area contributed by atoms with Crippen molar-refractivity contribution in [1.29, 1.82) is 0 Å². The second-order valence-corrected chi connectivity index (χ2v) is 6.91. The van der Waals surface area contributed by atoms with Crippen LogP contribution in [0.1, 0.15) is 34.8 Å². The van der Waals surface area contributed by atoms with Crippen molar-refractivity contribution in [2.45, 2.75) is 32.4 Å². The molecular formula is C15H22N2O2S. The van der Waals surface area contributed by atoms with Gasteiger partial charge >= 0.3 is 0 Å². The van der Waals surface area contributed by atoms with E-state index in [1.807, 2.05) is 19.1 Å². The Morgan fingerprint density at radius 2 is 2.25 bits per heavy atom. The van der Waals surface area contributed by atoms with Crippen LogP contribution in [0, 0.1) is 0 Å². The Labute approximate surface area is 122 Å². The van der Waals surface area contributed by atoms with E-state index in [1.54, 1.807) is 6.26 Å². The van der Waals surface area contributed by atoms with E-state index in [0.717, 1.165) is 25.9 Å². The summed E-state index contributed by atoms with van der Waals surface area (Å²) < 4.78 is 11.1. The van der Waals surface area contributed by atoms with Gasteiger partial charge in [-0.25, -0.2) is 0 Å². The third-order valence-electron chi connectivity index (χ3n) is 3.57. The standard InChI is InChI=1S/C15H22N2O2S/c1-11(6-8-20(2)19)17-15(18)13-4-3-12-5-7-16-10-14(12)9-13/h3-4,9,11,16H,5-8,10H2,1-2H3,(H,17,18). The van der Waals surface area contributed by atoms with Crippen molar-refractivity contribution in [3.8, 4) is 0 Å². The molecule has 1 heterocycles. The summed E-state index contributed by atoms with van der Waals surface area (Å²) in [5, 5.41) is 6.28. The van der Waals surface area contributed by atoms with Gasteiger partial charge in [-0.2, -0.15) is 0 Å². The number of hydrogen-bond donors (Lipinski definition) is 2. The van der Waals surface area contributed by atoms with Gasteiger partial charge in [0.1, 0.15) is 0 Å². The van der Waals surface area contributed by atoms with Crippen LogP contribution in [0.4, 0.5) is 0 Å². The Morgan fingerprint density at radius 1 is 1.45 bits per heavy atom. The molecule has 0 saturated heterocycles. The molecule has 0 radical (unpaired) electrons. The fourth-order valence-electron chi connectivity index (χ4n) is 2.34. The zero-order valence-corrected chi connectivity index (χ0v) is 12.9. The highest BCUT2D eigenvalue weighted by atomic mass is 32.2. The number of nitrogens with one attached hydrogen (secondary N) is 2. The molecule has 4 nitrogen and oxygen atoms in total. The molecule has 2 rings (SSSR count). The van der Waals surface area contributed by atoms with Crippen molar-refractivity contribution in [2.24, 2.45) is 0 Å². The Kier molecular flexibility index (Phi) is 5.31. The van der Waals surface area contributed by atoms with Crippen molar-refractivity contribution in [3.63, 3.8) is 0 Å². The Morgan fingerprint density at radius 3 is 3.00 bits per heavy atom. The van der Waals surface area contributed by atoms with Gasteiger partial charge in [0.05, 0.1) is 0 Å². The summed E-state index contributed by atoms with van der Waals surface area (Å²) >= 11 is 0. The molecule has 1 aliphatic heterocycles. The average Bonchev–Trinajstić information content (AvgIpc) is 2.44. The highest BCUT2D eigenvalue weighted by Crippen LogP contribution is 2.16. The number of carbonyl (C=O) groups is 1. The van der Waals surface area contributed by atoms with Crippen molar-refractivity contribution in [2.75, 3.05) is 18.6 Å². The molecule has 2 unspecified atom stereocenters. The summed E-state index contributed by atoms with van der Waals surface area (Å²) in [6, 6.07) is 5.96. The number of rotatable bonds is 5. The van der Waals surface area contributed by atoms with E-state index in [9.17, 15) is 9.00 Å². The monoisotopic (exact) mass is 294 g/mol. The number of hydrogen-bond acceptors (Lipinski definition) is 3. The smallest absolute Gasteiger partial charge is 0.251 e. The Bertz CT molecular complexity index is 517. The molecular weight excluding hydrogens is 272 g/mol. The number of benzene rings is 1. The number of amides is 1. The molecule has 2 atom stereocenters. The molecule has 20 heavy (non-hydrogen) atoms. The van der Waals surface area contributed by atoms with Crippen LogP contribution in [0.3, 0.4) is 0 Å². The molecule has 0 spiro atoms. The van der Waals surface area contributed by atoms with Crippen LogP contribution in [0.15, 0.2) is 18.2 Å². The van der Waals surface area contributed by atoms with Crippen molar-refractivity contribution < 1.29 is 9.00 Å². The van der Waals surface area contributed by atoms with Gasteiger partial charge in [-0.1, -0.05) is 6.07 Å². The Hall–Kier alpha value is -1.20. The van der Waals surface area contributed by atoms with E-state index in [0.29, 0.717) is 11.3 Å². The molecule has 0 bridgehead atoms. The van der Waals surface area contributed by atoms with Crippen molar-refractivity contribution in [1.82, 2.24) is 10.6 Å². The van der Waals surface area contributed by atoms with E-state index in [1.165, 1.54) is 11.1 Å². The third kappa shape index (κ3) is 4.15. The lowest BCUT2D eigenvalue weighted by Crippen LogP contribution is -2.34. The molecule has 110 valence electrons. The molecule has 0 aliphatic carbocycles. The van der Waals surface area contributed by atoms with Crippen LogP contribution in [-0.4, -0.2) is 34.7 Å². The number of carbonyl (C=O) groups excluding carboxylic acids is 1. The summed E-state index contributed by atoms with van der Waals surface area (Å²) in [6.45, 7) is 3.79. The van der Waals surface area contributed by atoms with Crippen LogP contribution in [0.5, 0.6) is 0 Å². The normalized spacial score (nSPS) is 17.1. The van der Waals surface area contributed by atoms with E-state index in [2.05, 4.69) is 16.7 Å². The predicted octanol–water partition coefficient (Wildman–Crippen LogP) is 1.22. The molecule has 1 amide bonds. The van der Waals surface area contributed by atoms with Crippen LogP contribution in [-0.2, 0) is 23.8 Å². The summed E-state index contributed by atoms with van der Waals surface area (Å²) in [4.78, 5) is 12.2. The minimum absolute atomic E-state index is 0.0422. The minimum Gasteiger partial charge on any atom is -0.350 e. The lowest BCUT2D eigenvalue weighted by atomic mass is 9.98. The van der Waals surface area contributed by atoms with Gasteiger partial charge in [-0.05, 0) is 49.6 Å². The van der Waals surface area contributed by atoms with Crippen molar-refractivity contribution >= 4 is 16.7 Å². The second-order valence-electron chi connectivity index (χ2n) is 5.35. The lowest BCUT2D eigenvalue weighted by molar-refractivity contribution is 0.0939. The molecule has 1 aromatic rings. The molecule has 5 heteroatoms. The average molecular weight is 294 g/mol. The van der Waals surface area contributed by atoms with Gasteiger partial charge < -0.3 is 10.6 Å². The van der Waals surface area contributed by atoms with Crippen molar-refractivity contribution in [3.05, 3.63) is 34.9 Å². The highest BCUT2D eigenvalue weighted by molar-refractivity contribution is 7.84. The van der Waals surface area contributed by atoms with Gasteiger partial charge in [-0.15, -0.1) is 0 Å². The van der Waals surface area contributed by atoms with Gasteiger partial charge in [0.2, 0.25) is 0 Å². The molecule has 1 aliphatic rings. The number of fused-ring (bicyclic) bond motifs is 1. The van der Waals surface area contributed by atoms with Gasteiger partial charge in [-0.3, -0.25) is 9.00 Å². The highest BCUT2D eigenvalue weighted by Gasteiger charge is 2.14. The minimum atomic E-state index is -0.807. The second kappa shape index (κ2) is 6.99. The van der Waals surface area contributed by atoms with E-state index in [4.69, 9.17) is 0 Å². The lowest BCUT2D eigenvalue weighted by Gasteiger charge is -2.18. The maximum absolute atomic E-state index is 12.2. The first kappa shape index (κ1) is 15.2. The quantitative estimate of drug-likeness (QED) is 0.858. The fourth-order valence-corrected chi connectivity index (χ4v) is 3.03. The van der Waals surface area contributed by atoms with E-state index in [-0.39, 0.29) is 11.9 Å². The Balaban J connectivity index is 1.97. The molecule has 1 aromatic carbocycles. The molecule has 0 fully saturated rings. The topological polar surface area (TPSA) is 58.2 Å². The maximum atomic E-state index is 12.2. The predicted molar refractivity (Wildman–Crippen MR) is 82.3 cm³/mol. The van der Waals surface area contributed by atoms with E-state index < -0.39 is 10.8 Å². The SMILES string of the molecule is CC(CCS(C)=O)NC(=O)c1ccc2c(c1)CNCC2. The summed E-state index contributed by atoms with van der Waals surface area (Å²) in [7, 11) is -0.807. The van der Waals surface area contributed by atoms with Crippen LogP contribution in [0.25, 0.3) is 0 Å². The maximum Gasteiger partial charge on any atom is 0.251 e. The largest absolute Gasteiger partial charge is 0.350 e. The first-order chi connectivity index (χ1) is 9.56. The summed E-state index contributed by atoms with van der Waals surface area (Å²) in [5.74, 6) is 0.572. The molecule has 2 N–H and O–H groups in total. The molecule has 0 aromatic heterocycles. The van der Waals surface area contributed by atoms with E-state index >= 15 is 0 Å². The first-order valence-electron chi connectivity index (χ1n) is 6.99. The van der Waals surface area contributed by atoms with Crippen LogP contribution < -0.4 is 10.6 Å². The summed E-state index contributed by atoms with van der Waals surface area (Å²) in [5.41, 5.74) is 3.25. The van der Waals surface area contributed by atoms with Crippen LogP contribution >= 0.6 is 0 Å². The zero-order valence-electron chi connectivity index (χ0n) is 12.1. The molecule has 0 saturated carbocycles. The third-order valence-corrected chi connectivity index (χ3v) is 4.38. The van der Waals surface area contributed by atoms with Gasteiger partial charge in [0.15, 0.2) is 0 Å².